The molecule has 0 amide bonds. The summed E-state index contributed by atoms with van der Waals surface area (Å²) in [5, 5.41) is 8.29. The van der Waals surface area contributed by atoms with Crippen molar-refractivity contribution in [3.05, 3.63) is 21.1 Å². The average molecular weight is 279 g/mol. The van der Waals surface area contributed by atoms with Crippen LogP contribution in [-0.2, 0) is 0 Å². The number of nitrogens with one attached hydrogen (secondary N) is 1. The maximum Gasteiger partial charge on any atom is 0.154 e. The zero-order valence-corrected chi connectivity index (χ0v) is 8.22. The SMILES string of the molecule is Clc1nccc2c(I)n[nH]c12. The first-order valence-corrected chi connectivity index (χ1v) is 4.39. The van der Waals surface area contributed by atoms with E-state index in [4.69, 9.17) is 11.6 Å². The van der Waals surface area contributed by atoms with Crippen molar-refractivity contribution in [3.8, 4) is 0 Å². The fourth-order valence-electron chi connectivity index (χ4n) is 0.880. The normalized spacial score (nSPS) is 10.7. The molecule has 0 aliphatic heterocycles. The zero-order chi connectivity index (χ0) is 7.84. The lowest BCUT2D eigenvalue weighted by molar-refractivity contribution is 1.09. The van der Waals surface area contributed by atoms with E-state index in [1.165, 1.54) is 0 Å². The van der Waals surface area contributed by atoms with Crippen LogP contribution in [0.4, 0.5) is 0 Å². The Kier molecular flexibility index (Phi) is 1.72. The van der Waals surface area contributed by atoms with Crippen molar-refractivity contribution in [2.45, 2.75) is 0 Å². The Bertz CT molecular complexity index is 398. The van der Waals surface area contributed by atoms with Crippen molar-refractivity contribution in [2.75, 3.05) is 0 Å². The van der Waals surface area contributed by atoms with E-state index in [9.17, 15) is 0 Å². The highest BCUT2D eigenvalue weighted by Gasteiger charge is 2.04. The van der Waals surface area contributed by atoms with E-state index >= 15 is 0 Å². The van der Waals surface area contributed by atoms with Crippen LogP contribution in [0.25, 0.3) is 10.9 Å². The summed E-state index contributed by atoms with van der Waals surface area (Å²) in [6.07, 6.45) is 1.67. The lowest BCUT2D eigenvalue weighted by Crippen LogP contribution is -1.75. The van der Waals surface area contributed by atoms with Gasteiger partial charge in [-0.05, 0) is 28.7 Å². The predicted octanol–water partition coefficient (Wildman–Crippen LogP) is 2.22. The molecule has 0 spiro atoms. The molecular weight excluding hydrogens is 276 g/mol. The minimum atomic E-state index is 0.470. The van der Waals surface area contributed by atoms with Crippen molar-refractivity contribution in [1.82, 2.24) is 15.2 Å². The smallest absolute Gasteiger partial charge is 0.154 e. The van der Waals surface area contributed by atoms with Gasteiger partial charge in [0.2, 0.25) is 0 Å². The summed E-state index contributed by atoms with van der Waals surface area (Å²) < 4.78 is 0.918. The first kappa shape index (κ1) is 7.30. The van der Waals surface area contributed by atoms with Gasteiger partial charge in [-0.25, -0.2) is 4.98 Å². The van der Waals surface area contributed by atoms with Crippen LogP contribution in [-0.4, -0.2) is 15.2 Å². The Morgan fingerprint density at radius 2 is 2.36 bits per heavy atom. The first-order valence-electron chi connectivity index (χ1n) is 2.93. The highest BCUT2D eigenvalue weighted by atomic mass is 127. The van der Waals surface area contributed by atoms with Gasteiger partial charge in [0, 0.05) is 11.6 Å². The molecule has 0 radical (unpaired) electrons. The van der Waals surface area contributed by atoms with Crippen LogP contribution in [0.3, 0.4) is 0 Å². The standard InChI is InChI=1S/C6H3ClIN3/c7-5-4-3(1-2-9-5)6(8)11-10-4/h1-2H,(H,10,11). The van der Waals surface area contributed by atoms with Gasteiger partial charge in [0.05, 0.1) is 0 Å². The molecule has 11 heavy (non-hydrogen) atoms. The molecule has 0 saturated heterocycles. The molecular formula is C6H3ClIN3. The van der Waals surface area contributed by atoms with Gasteiger partial charge in [-0.2, -0.15) is 5.10 Å². The third kappa shape index (κ3) is 1.10. The summed E-state index contributed by atoms with van der Waals surface area (Å²) >= 11 is 7.93. The first-order chi connectivity index (χ1) is 5.29. The Labute approximate surface area is 81.3 Å². The summed E-state index contributed by atoms with van der Waals surface area (Å²) in [6.45, 7) is 0. The molecule has 0 aliphatic rings. The molecule has 0 saturated carbocycles. The van der Waals surface area contributed by atoms with Crippen LogP contribution in [0.1, 0.15) is 0 Å². The number of aromatic nitrogens is 3. The average Bonchev–Trinajstić information content (AvgIpc) is 2.35. The second-order valence-corrected chi connectivity index (χ2v) is 3.42. The Morgan fingerprint density at radius 3 is 3.09 bits per heavy atom. The maximum absolute atomic E-state index is 5.78. The van der Waals surface area contributed by atoms with Crippen molar-refractivity contribution in [1.29, 1.82) is 0 Å². The van der Waals surface area contributed by atoms with Gasteiger partial charge < -0.3 is 0 Å². The Morgan fingerprint density at radius 1 is 1.55 bits per heavy atom. The quantitative estimate of drug-likeness (QED) is 0.593. The molecule has 5 heteroatoms. The van der Waals surface area contributed by atoms with Crippen molar-refractivity contribution in [3.63, 3.8) is 0 Å². The van der Waals surface area contributed by atoms with Crippen LogP contribution in [0.5, 0.6) is 0 Å². The van der Waals surface area contributed by atoms with Crippen LogP contribution in [0.15, 0.2) is 12.3 Å². The predicted molar refractivity (Wildman–Crippen MR) is 51.6 cm³/mol. The molecule has 2 aromatic heterocycles. The lowest BCUT2D eigenvalue weighted by Gasteiger charge is -1.88. The molecule has 56 valence electrons. The summed E-state index contributed by atoms with van der Waals surface area (Å²) in [7, 11) is 0. The number of rotatable bonds is 0. The van der Waals surface area contributed by atoms with Gasteiger partial charge in [-0.3, -0.25) is 5.10 Å². The van der Waals surface area contributed by atoms with E-state index in [2.05, 4.69) is 37.8 Å². The molecule has 2 heterocycles. The molecule has 0 bridgehead atoms. The van der Waals surface area contributed by atoms with Gasteiger partial charge in [-0.1, -0.05) is 11.6 Å². The minimum absolute atomic E-state index is 0.470. The molecule has 0 fully saturated rings. The molecule has 1 N–H and O–H groups in total. The second kappa shape index (κ2) is 2.60. The van der Waals surface area contributed by atoms with Crippen LogP contribution in [0.2, 0.25) is 5.15 Å². The highest BCUT2D eigenvalue weighted by molar-refractivity contribution is 14.1. The van der Waals surface area contributed by atoms with E-state index in [0.29, 0.717) is 5.15 Å². The zero-order valence-electron chi connectivity index (χ0n) is 5.31. The number of H-pyrrole nitrogens is 1. The molecule has 0 unspecified atom stereocenters. The van der Waals surface area contributed by atoms with E-state index in [1.54, 1.807) is 6.20 Å². The number of hydrogen-bond donors (Lipinski definition) is 1. The van der Waals surface area contributed by atoms with Gasteiger partial charge >= 0.3 is 0 Å². The molecule has 0 aromatic carbocycles. The summed E-state index contributed by atoms with van der Waals surface area (Å²) in [5.41, 5.74) is 0.804. The van der Waals surface area contributed by atoms with Crippen LogP contribution in [0, 0.1) is 3.70 Å². The molecule has 2 rings (SSSR count). The van der Waals surface area contributed by atoms with Crippen LogP contribution >= 0.6 is 34.2 Å². The topological polar surface area (TPSA) is 41.6 Å². The van der Waals surface area contributed by atoms with Crippen molar-refractivity contribution < 1.29 is 0 Å². The van der Waals surface area contributed by atoms with Gasteiger partial charge in [0.1, 0.15) is 9.22 Å². The number of pyridine rings is 1. The fraction of sp³-hybridized carbons (Fsp3) is 0. The minimum Gasteiger partial charge on any atom is -0.274 e. The molecule has 3 nitrogen and oxygen atoms in total. The van der Waals surface area contributed by atoms with Crippen molar-refractivity contribution in [2.24, 2.45) is 0 Å². The molecule has 0 atom stereocenters. The summed E-state index contributed by atoms with van der Waals surface area (Å²) in [4.78, 5) is 3.91. The molecule has 0 aliphatic carbocycles. The van der Waals surface area contributed by atoms with Gasteiger partial charge in [0.25, 0.3) is 0 Å². The number of aromatic amines is 1. The van der Waals surface area contributed by atoms with Gasteiger partial charge in [-0.15, -0.1) is 0 Å². The maximum atomic E-state index is 5.78. The largest absolute Gasteiger partial charge is 0.274 e. The third-order valence-electron chi connectivity index (χ3n) is 1.39. The third-order valence-corrected chi connectivity index (χ3v) is 2.50. The Balaban J connectivity index is 2.94. The summed E-state index contributed by atoms with van der Waals surface area (Å²) in [5.74, 6) is 0. The van der Waals surface area contributed by atoms with E-state index < -0.39 is 0 Å². The number of fused-ring (bicyclic) bond motifs is 1. The fourth-order valence-corrected chi connectivity index (χ4v) is 1.65. The number of hydrogen-bond acceptors (Lipinski definition) is 2. The van der Waals surface area contributed by atoms with E-state index in [0.717, 1.165) is 14.6 Å². The second-order valence-electron chi connectivity index (χ2n) is 2.04. The van der Waals surface area contributed by atoms with E-state index in [-0.39, 0.29) is 0 Å². The van der Waals surface area contributed by atoms with Crippen molar-refractivity contribution >= 4 is 45.1 Å². The monoisotopic (exact) mass is 279 g/mol. The lowest BCUT2D eigenvalue weighted by atomic mass is 10.3. The van der Waals surface area contributed by atoms with E-state index in [1.807, 2.05) is 6.07 Å². The number of nitrogens with zero attached hydrogens (tertiary/aromatic N) is 2. The highest BCUT2D eigenvalue weighted by Crippen LogP contribution is 2.21. The van der Waals surface area contributed by atoms with Crippen LogP contribution < -0.4 is 0 Å². The Hall–Kier alpha value is -0.360. The summed E-state index contributed by atoms with van der Waals surface area (Å²) in [6, 6.07) is 1.88. The molecule has 2 aromatic rings. The van der Waals surface area contributed by atoms with Gasteiger partial charge in [0.15, 0.2) is 5.15 Å². The number of halogens is 2.